The van der Waals surface area contributed by atoms with Crippen LogP contribution in [-0.4, -0.2) is 11.1 Å². The number of nitrogens with two attached hydrogens (primary N) is 1. The van der Waals surface area contributed by atoms with Crippen molar-refractivity contribution in [3.63, 3.8) is 0 Å². The van der Waals surface area contributed by atoms with Crippen molar-refractivity contribution < 1.29 is 0 Å². The molecule has 0 rings (SSSR count). The first-order chi connectivity index (χ1) is 2.27. The van der Waals surface area contributed by atoms with Gasteiger partial charge in [-0.1, -0.05) is 18.8 Å². The lowest BCUT2D eigenvalue weighted by molar-refractivity contribution is 0.761. The van der Waals surface area contributed by atoms with Gasteiger partial charge in [-0.15, -0.1) is 0 Å². The van der Waals surface area contributed by atoms with Crippen LogP contribution in [0.3, 0.4) is 0 Å². The van der Waals surface area contributed by atoms with Gasteiger partial charge in [0, 0.05) is 0 Å². The molecule has 2 atom stereocenters. The minimum absolute atomic E-state index is 0.565. The summed E-state index contributed by atoms with van der Waals surface area (Å²) in [5.41, 5.74) is 5.06. The van der Waals surface area contributed by atoms with Gasteiger partial charge in [0.2, 0.25) is 0 Å². The van der Waals surface area contributed by atoms with Crippen LogP contribution in [0.5, 0.6) is 0 Å². The van der Waals surface area contributed by atoms with E-state index in [1.165, 1.54) is 0 Å². The Balaban J connectivity index is 2.54. The van der Waals surface area contributed by atoms with Crippen LogP contribution in [0.4, 0.5) is 0 Å². The quantitative estimate of drug-likeness (QED) is 0.373. The zero-order valence-corrected chi connectivity index (χ0v) is 5.20. The summed E-state index contributed by atoms with van der Waals surface area (Å²) in [6, 6.07) is 0. The Bertz CT molecular complexity index is 21.6. The fourth-order valence-corrected chi connectivity index (χ4v) is 0. The maximum absolute atomic E-state index is 5.06. The maximum atomic E-state index is 5.06. The molecule has 0 saturated carbocycles. The monoisotopic (exact) mass is 110 g/mol. The van der Waals surface area contributed by atoms with Gasteiger partial charge in [0.1, 0.15) is 0 Å². The van der Waals surface area contributed by atoms with Crippen LogP contribution in [-0.2, 0) is 0 Å². The number of hydrogen-bond donors (Lipinski definition) is 1. The Morgan fingerprint density at radius 1 is 1.60 bits per heavy atom. The van der Waals surface area contributed by atoms with Gasteiger partial charge < -0.3 is 5.73 Å². The summed E-state index contributed by atoms with van der Waals surface area (Å²) in [5, 5.41) is 0. The summed E-state index contributed by atoms with van der Waals surface area (Å²) in [6.07, 6.45) is 0. The Morgan fingerprint density at radius 3 is 1.80 bits per heavy atom. The first kappa shape index (κ1) is 5.78. The molecule has 0 saturated heterocycles. The summed E-state index contributed by atoms with van der Waals surface area (Å²) < 4.78 is 1.74. The molecule has 0 bridgehead atoms. The predicted molar refractivity (Wildman–Crippen MR) is 30.3 cm³/mol. The molecular weight excluding hydrogens is 102 g/mol. The van der Waals surface area contributed by atoms with Crippen LogP contribution in [0.25, 0.3) is 0 Å². The molecule has 0 aliphatic carbocycles. The van der Waals surface area contributed by atoms with Crippen LogP contribution >= 0.6 is 18.8 Å². The SMILES string of the molecule is NCN(P)P. The van der Waals surface area contributed by atoms with E-state index in [4.69, 9.17) is 5.73 Å². The van der Waals surface area contributed by atoms with E-state index in [1.54, 1.807) is 4.44 Å². The second kappa shape index (κ2) is 2.99. The van der Waals surface area contributed by atoms with Crippen molar-refractivity contribution in [1.82, 2.24) is 4.44 Å². The average Bonchev–Trinajstić information content (AvgIpc) is 1.38. The molecule has 0 aromatic rings. The summed E-state index contributed by atoms with van der Waals surface area (Å²) in [7, 11) is 4.81. The van der Waals surface area contributed by atoms with Gasteiger partial charge in [-0.3, -0.25) is 4.44 Å². The van der Waals surface area contributed by atoms with Crippen LogP contribution in [0.15, 0.2) is 0 Å². The molecule has 32 valence electrons. The summed E-state index contributed by atoms with van der Waals surface area (Å²) in [5.74, 6) is 0. The zero-order valence-electron chi connectivity index (χ0n) is 2.89. The van der Waals surface area contributed by atoms with Crippen molar-refractivity contribution in [2.75, 3.05) is 6.67 Å². The minimum Gasteiger partial charge on any atom is -0.318 e. The molecule has 2 N–H and O–H groups in total. The maximum Gasteiger partial charge on any atom is 0.0519 e. The van der Waals surface area contributed by atoms with E-state index in [-0.39, 0.29) is 0 Å². The molecule has 0 radical (unpaired) electrons. The molecule has 0 heterocycles. The highest BCUT2D eigenvalue weighted by atomic mass is 31.1. The lowest BCUT2D eigenvalue weighted by Gasteiger charge is -1.99. The number of rotatable bonds is 1. The van der Waals surface area contributed by atoms with Crippen LogP contribution in [0, 0.1) is 0 Å². The summed E-state index contributed by atoms with van der Waals surface area (Å²) >= 11 is 0. The predicted octanol–water partition coefficient (Wildman–Crippen LogP) is -0.215. The van der Waals surface area contributed by atoms with Gasteiger partial charge in [0.25, 0.3) is 0 Å². The molecule has 0 aromatic carbocycles. The first-order valence-electron chi connectivity index (χ1n) is 1.24. The lowest BCUT2D eigenvalue weighted by atomic mass is 11.3. The highest BCUT2D eigenvalue weighted by molar-refractivity contribution is 7.30. The molecule has 5 heavy (non-hydrogen) atoms. The van der Waals surface area contributed by atoms with E-state index in [1.807, 2.05) is 0 Å². The second-order valence-electron chi connectivity index (χ2n) is 0.697. The van der Waals surface area contributed by atoms with Crippen molar-refractivity contribution >= 4 is 18.8 Å². The third-order valence-corrected chi connectivity index (χ3v) is 0.632. The largest absolute Gasteiger partial charge is 0.318 e. The standard InChI is InChI=1S/CH8N2P2/c2-1-3(4)5/h1-2,4-5H2. The van der Waals surface area contributed by atoms with E-state index in [9.17, 15) is 0 Å². The van der Waals surface area contributed by atoms with Gasteiger partial charge in [-0.05, 0) is 0 Å². The van der Waals surface area contributed by atoms with Crippen LogP contribution in [0.1, 0.15) is 0 Å². The minimum atomic E-state index is 0.565. The molecule has 0 amide bonds. The fraction of sp³-hybridized carbons (Fsp3) is 1.00. The van der Waals surface area contributed by atoms with Crippen molar-refractivity contribution in [2.24, 2.45) is 5.73 Å². The van der Waals surface area contributed by atoms with Crippen LogP contribution in [0.2, 0.25) is 0 Å². The molecule has 2 nitrogen and oxygen atoms in total. The number of nitrogens with zero attached hydrogens (tertiary/aromatic N) is 1. The zero-order chi connectivity index (χ0) is 4.28. The summed E-state index contributed by atoms with van der Waals surface area (Å²) in [4.78, 5) is 0. The van der Waals surface area contributed by atoms with E-state index < -0.39 is 0 Å². The Morgan fingerprint density at radius 2 is 1.80 bits per heavy atom. The van der Waals surface area contributed by atoms with Crippen molar-refractivity contribution in [2.45, 2.75) is 0 Å². The third-order valence-electron chi connectivity index (χ3n) is 0.211. The average molecular weight is 110 g/mol. The molecule has 4 heteroatoms. The molecule has 0 aromatic heterocycles. The smallest absolute Gasteiger partial charge is 0.0519 e. The van der Waals surface area contributed by atoms with Gasteiger partial charge in [-0.2, -0.15) is 0 Å². The highest BCUT2D eigenvalue weighted by Crippen LogP contribution is 1.99. The van der Waals surface area contributed by atoms with Crippen molar-refractivity contribution in [1.29, 1.82) is 0 Å². The van der Waals surface area contributed by atoms with E-state index in [0.717, 1.165) is 0 Å². The molecular formula is CH8N2P2. The van der Waals surface area contributed by atoms with Crippen LogP contribution < -0.4 is 5.73 Å². The van der Waals surface area contributed by atoms with Crippen molar-refractivity contribution in [3.05, 3.63) is 0 Å². The van der Waals surface area contributed by atoms with E-state index >= 15 is 0 Å². The first-order valence-corrected chi connectivity index (χ1v) is 2.27. The topological polar surface area (TPSA) is 29.3 Å². The van der Waals surface area contributed by atoms with E-state index in [2.05, 4.69) is 18.8 Å². The Hall–Kier alpha value is 0.780. The highest BCUT2D eigenvalue weighted by Gasteiger charge is 1.72. The second-order valence-corrected chi connectivity index (χ2v) is 2.62. The fourth-order valence-electron chi connectivity index (χ4n) is 0. The lowest BCUT2D eigenvalue weighted by Crippen LogP contribution is -2.08. The van der Waals surface area contributed by atoms with Gasteiger partial charge in [0.05, 0.1) is 6.67 Å². The summed E-state index contributed by atoms with van der Waals surface area (Å²) in [6.45, 7) is 0.565. The Kier molecular flexibility index (Phi) is 3.46. The third kappa shape index (κ3) is 4.78. The van der Waals surface area contributed by atoms with Crippen molar-refractivity contribution in [3.8, 4) is 0 Å². The molecule has 0 spiro atoms. The van der Waals surface area contributed by atoms with Gasteiger partial charge >= 0.3 is 0 Å². The molecule has 0 aliphatic rings. The Labute approximate surface area is 36.6 Å². The normalized spacial score (nSPS) is 9.60. The van der Waals surface area contributed by atoms with Gasteiger partial charge in [-0.25, -0.2) is 0 Å². The molecule has 0 fully saturated rings. The number of hydrogen-bond acceptors (Lipinski definition) is 2. The molecule has 2 unspecified atom stereocenters. The van der Waals surface area contributed by atoms with Gasteiger partial charge in [0.15, 0.2) is 0 Å². The van der Waals surface area contributed by atoms with E-state index in [0.29, 0.717) is 6.67 Å². The molecule has 0 aliphatic heterocycles.